The maximum Gasteiger partial charge on any atom is 0.0778 e. The molecule has 4 atom stereocenters. The smallest absolute Gasteiger partial charge is 0.0778 e. The van der Waals surface area contributed by atoms with Crippen LogP contribution in [0.15, 0.2) is 0 Å². The first kappa shape index (κ1) is 9.97. The average molecular weight is 247 g/mol. The summed E-state index contributed by atoms with van der Waals surface area (Å²) in [5.74, 6) is 1.83. The van der Waals surface area contributed by atoms with E-state index in [0.29, 0.717) is 10.2 Å². The van der Waals surface area contributed by atoms with Gasteiger partial charge in [-0.15, -0.1) is 0 Å². The zero-order valence-corrected chi connectivity index (χ0v) is 10.5. The van der Waals surface area contributed by atoms with Crippen LogP contribution >= 0.6 is 15.9 Å². The summed E-state index contributed by atoms with van der Waals surface area (Å²) in [6.45, 7) is 7.02. The zero-order chi connectivity index (χ0) is 9.85. The van der Waals surface area contributed by atoms with Gasteiger partial charge in [-0.1, -0.05) is 29.8 Å². The SMILES string of the molecule is CO[C@]1(C)CC2C(C[C@H]1Br)C2(C)C. The monoisotopic (exact) mass is 246 g/mol. The minimum absolute atomic E-state index is 0.0644. The van der Waals surface area contributed by atoms with Gasteiger partial charge in [0.25, 0.3) is 0 Å². The largest absolute Gasteiger partial charge is 0.377 e. The Hall–Kier alpha value is 0.440. The lowest BCUT2D eigenvalue weighted by Crippen LogP contribution is -2.41. The van der Waals surface area contributed by atoms with Crippen molar-refractivity contribution in [2.75, 3.05) is 7.11 Å². The molecular weight excluding hydrogens is 228 g/mol. The molecule has 2 rings (SSSR count). The van der Waals surface area contributed by atoms with Crippen LogP contribution in [0.1, 0.15) is 33.6 Å². The summed E-state index contributed by atoms with van der Waals surface area (Å²) in [5.41, 5.74) is 0.636. The summed E-state index contributed by atoms with van der Waals surface area (Å²) in [7, 11) is 1.84. The third-order valence-electron chi connectivity index (χ3n) is 4.50. The molecule has 0 saturated heterocycles. The van der Waals surface area contributed by atoms with Crippen LogP contribution in [0.3, 0.4) is 0 Å². The molecule has 0 aliphatic heterocycles. The van der Waals surface area contributed by atoms with Gasteiger partial charge in [-0.3, -0.25) is 0 Å². The van der Waals surface area contributed by atoms with E-state index in [4.69, 9.17) is 4.74 Å². The topological polar surface area (TPSA) is 9.23 Å². The molecule has 0 aromatic carbocycles. The first-order chi connectivity index (χ1) is 5.92. The minimum Gasteiger partial charge on any atom is -0.377 e. The maximum atomic E-state index is 5.63. The van der Waals surface area contributed by atoms with Gasteiger partial charge in [-0.25, -0.2) is 0 Å². The third-order valence-corrected chi connectivity index (χ3v) is 5.85. The first-order valence-corrected chi connectivity index (χ1v) is 6.02. The van der Waals surface area contributed by atoms with Gasteiger partial charge in [0, 0.05) is 11.9 Å². The van der Waals surface area contributed by atoms with Crippen LogP contribution in [-0.2, 0) is 4.74 Å². The summed E-state index contributed by atoms with van der Waals surface area (Å²) in [6, 6.07) is 0. The van der Waals surface area contributed by atoms with E-state index in [2.05, 4.69) is 36.7 Å². The predicted molar refractivity (Wildman–Crippen MR) is 58.1 cm³/mol. The van der Waals surface area contributed by atoms with Crippen LogP contribution < -0.4 is 0 Å². The first-order valence-electron chi connectivity index (χ1n) is 5.11. The van der Waals surface area contributed by atoms with Gasteiger partial charge in [0.2, 0.25) is 0 Å². The highest BCUT2D eigenvalue weighted by Gasteiger charge is 2.63. The van der Waals surface area contributed by atoms with Crippen molar-refractivity contribution in [3.63, 3.8) is 0 Å². The fraction of sp³-hybridized carbons (Fsp3) is 1.00. The van der Waals surface area contributed by atoms with Crippen molar-refractivity contribution in [3.05, 3.63) is 0 Å². The fourth-order valence-corrected chi connectivity index (χ4v) is 3.76. The van der Waals surface area contributed by atoms with Crippen molar-refractivity contribution in [1.82, 2.24) is 0 Å². The van der Waals surface area contributed by atoms with Crippen molar-refractivity contribution in [3.8, 4) is 0 Å². The Morgan fingerprint density at radius 3 is 2.38 bits per heavy atom. The molecule has 76 valence electrons. The van der Waals surface area contributed by atoms with Crippen molar-refractivity contribution in [2.24, 2.45) is 17.3 Å². The molecule has 0 heterocycles. The molecule has 2 aliphatic rings. The molecule has 13 heavy (non-hydrogen) atoms. The van der Waals surface area contributed by atoms with E-state index in [9.17, 15) is 0 Å². The van der Waals surface area contributed by atoms with Crippen molar-refractivity contribution in [2.45, 2.75) is 44.0 Å². The number of alkyl halides is 1. The number of rotatable bonds is 1. The van der Waals surface area contributed by atoms with E-state index in [1.54, 1.807) is 0 Å². The summed E-state index contributed by atoms with van der Waals surface area (Å²) in [6.07, 6.45) is 2.50. The van der Waals surface area contributed by atoms with Crippen LogP contribution in [0.5, 0.6) is 0 Å². The van der Waals surface area contributed by atoms with Gasteiger partial charge < -0.3 is 4.74 Å². The lowest BCUT2D eigenvalue weighted by molar-refractivity contribution is -0.0195. The van der Waals surface area contributed by atoms with Crippen LogP contribution in [0.25, 0.3) is 0 Å². The second-order valence-corrected chi connectivity index (χ2v) is 6.56. The highest BCUT2D eigenvalue weighted by molar-refractivity contribution is 9.09. The van der Waals surface area contributed by atoms with Gasteiger partial charge in [0.1, 0.15) is 0 Å². The molecule has 0 radical (unpaired) electrons. The Kier molecular flexibility index (Phi) is 2.09. The van der Waals surface area contributed by atoms with Gasteiger partial charge in [-0.2, -0.15) is 0 Å². The molecule has 0 aromatic heterocycles. The Morgan fingerprint density at radius 2 is 1.85 bits per heavy atom. The highest BCUT2D eigenvalue weighted by Crippen LogP contribution is 2.67. The lowest BCUT2D eigenvalue weighted by atomic mass is 9.86. The van der Waals surface area contributed by atoms with E-state index in [-0.39, 0.29) is 5.60 Å². The van der Waals surface area contributed by atoms with E-state index in [1.165, 1.54) is 12.8 Å². The molecule has 2 saturated carbocycles. The van der Waals surface area contributed by atoms with E-state index in [0.717, 1.165) is 11.8 Å². The Morgan fingerprint density at radius 1 is 1.23 bits per heavy atom. The fourth-order valence-electron chi connectivity index (χ4n) is 2.98. The lowest BCUT2D eigenvalue weighted by Gasteiger charge is -2.36. The van der Waals surface area contributed by atoms with Crippen LogP contribution in [0.4, 0.5) is 0 Å². The molecule has 0 aromatic rings. The molecule has 0 amide bonds. The second-order valence-electron chi connectivity index (χ2n) is 5.46. The van der Waals surface area contributed by atoms with Crippen LogP contribution in [-0.4, -0.2) is 17.5 Å². The molecule has 2 fully saturated rings. The maximum absolute atomic E-state index is 5.63. The summed E-state index contributed by atoms with van der Waals surface area (Å²) in [4.78, 5) is 0.535. The van der Waals surface area contributed by atoms with Gasteiger partial charge in [0.05, 0.1) is 5.60 Å². The van der Waals surface area contributed by atoms with E-state index >= 15 is 0 Å². The summed E-state index contributed by atoms with van der Waals surface area (Å²) >= 11 is 3.76. The van der Waals surface area contributed by atoms with Crippen LogP contribution in [0, 0.1) is 17.3 Å². The summed E-state index contributed by atoms with van der Waals surface area (Å²) in [5, 5.41) is 0. The minimum atomic E-state index is 0.0644. The Balaban J connectivity index is 2.13. The van der Waals surface area contributed by atoms with Crippen molar-refractivity contribution < 1.29 is 4.74 Å². The number of fused-ring (bicyclic) bond motifs is 1. The van der Waals surface area contributed by atoms with Crippen molar-refractivity contribution >= 4 is 15.9 Å². The Labute approximate surface area is 89.4 Å². The normalized spacial score (nSPS) is 52.8. The molecule has 0 N–H and O–H groups in total. The van der Waals surface area contributed by atoms with E-state index < -0.39 is 0 Å². The third kappa shape index (κ3) is 1.29. The molecule has 2 heteroatoms. The molecule has 2 aliphatic carbocycles. The average Bonchev–Trinajstić information content (AvgIpc) is 2.56. The zero-order valence-electron chi connectivity index (χ0n) is 8.93. The number of methoxy groups -OCH3 is 1. The molecule has 1 nitrogen and oxygen atoms in total. The highest BCUT2D eigenvalue weighted by atomic mass is 79.9. The second kappa shape index (κ2) is 2.73. The van der Waals surface area contributed by atoms with Gasteiger partial charge in [0.15, 0.2) is 0 Å². The van der Waals surface area contributed by atoms with Crippen LogP contribution in [0.2, 0.25) is 0 Å². The Bertz CT molecular complexity index is 226. The molecule has 2 unspecified atom stereocenters. The number of ether oxygens (including phenoxy) is 1. The molecular formula is C11H19BrO. The predicted octanol–water partition coefficient (Wildman–Crippen LogP) is 3.22. The van der Waals surface area contributed by atoms with Gasteiger partial charge >= 0.3 is 0 Å². The standard InChI is InChI=1S/C11H19BrO/c1-10(2)7-5-9(12)11(3,13-4)6-8(7)10/h7-9H,5-6H2,1-4H3/t7?,8?,9-,11-/m1/s1. The van der Waals surface area contributed by atoms with E-state index in [1.807, 2.05) is 7.11 Å². The van der Waals surface area contributed by atoms with Gasteiger partial charge in [-0.05, 0) is 37.0 Å². The van der Waals surface area contributed by atoms with Crippen molar-refractivity contribution in [1.29, 1.82) is 0 Å². The molecule has 0 bridgehead atoms. The quantitative estimate of drug-likeness (QED) is 0.646. The molecule has 0 spiro atoms. The summed E-state index contributed by atoms with van der Waals surface area (Å²) < 4.78 is 5.63. The number of hydrogen-bond donors (Lipinski definition) is 0. The number of hydrogen-bond acceptors (Lipinski definition) is 1. The number of halogens is 1.